The Morgan fingerprint density at radius 2 is 0.551 bits per heavy atom. The molecule has 0 N–H and O–H groups in total. The molecule has 548 valence electrons. The van der Waals surface area contributed by atoms with E-state index in [9.17, 15) is 38.4 Å². The van der Waals surface area contributed by atoms with Crippen molar-refractivity contribution in [3.8, 4) is 46.0 Å². The average Bonchev–Trinajstić information content (AvgIpc) is 0.859. The zero-order chi connectivity index (χ0) is 75.5. The fourth-order valence-corrected chi connectivity index (χ4v) is 12.4. The van der Waals surface area contributed by atoms with Crippen molar-refractivity contribution in [2.24, 2.45) is 22.7 Å². The molecule has 3 heterocycles. The molecule has 19 nitrogen and oxygen atoms in total. The Balaban J connectivity index is 0.000000142. The van der Waals surface area contributed by atoms with Gasteiger partial charge in [0.05, 0.1) is 70.6 Å². The van der Waals surface area contributed by atoms with E-state index in [-0.39, 0.29) is 81.1 Å². The van der Waals surface area contributed by atoms with Gasteiger partial charge in [0.25, 0.3) is 0 Å². The van der Waals surface area contributed by atoms with Crippen LogP contribution in [0, 0.1) is 22.7 Å². The molecule has 0 amide bonds. The quantitative estimate of drug-likeness (QED) is 0.0644. The van der Waals surface area contributed by atoms with E-state index in [0.717, 1.165) is 72.9 Å². The van der Waals surface area contributed by atoms with Gasteiger partial charge in [-0.05, 0) is 155 Å². The van der Waals surface area contributed by atoms with Gasteiger partial charge in [0.2, 0.25) is 17.3 Å². The van der Waals surface area contributed by atoms with E-state index < -0.39 is 23.9 Å². The molecular formula is C88H82O19. The summed E-state index contributed by atoms with van der Waals surface area (Å²) < 4.78 is 59.9. The number of fused-ring (bicyclic) bond motifs is 4. The minimum atomic E-state index is -0.644. The third-order valence-corrected chi connectivity index (χ3v) is 17.4. The van der Waals surface area contributed by atoms with Gasteiger partial charge >= 0.3 is 47.8 Å². The minimum Gasteiger partial charge on any atom is -0.457 e. The van der Waals surface area contributed by atoms with Crippen molar-refractivity contribution in [1.29, 1.82) is 0 Å². The Kier molecular flexibility index (Phi) is 25.1. The van der Waals surface area contributed by atoms with Crippen molar-refractivity contribution in [2.75, 3.05) is 0 Å². The molecule has 0 spiro atoms. The number of benzene rings is 9. The van der Waals surface area contributed by atoms with Crippen molar-refractivity contribution >= 4 is 90.8 Å². The van der Waals surface area contributed by atoms with Gasteiger partial charge in [-0.3, -0.25) is 19.2 Å². The SMILES string of the molecule is CC(C)(C)CC(=O)Oc1cccc2cccc(OC(=O)CC(C)(C)C)c12.O=C(Oc1cccc2cccc(OC(=O)C3CCCCC3)c12)C1CCCCC1.O=C(Oc1cccc2cccc(OC(=O)c3ccco3)c12)c1ccccc1.O=C(Oc1cccc2cccc(OC(=O)c3ccco3)c12)c1ccco1. The van der Waals surface area contributed by atoms with Gasteiger partial charge in [0, 0.05) is 0 Å². The maximum atomic E-state index is 12.7. The van der Waals surface area contributed by atoms with Crippen molar-refractivity contribution in [2.45, 2.75) is 119 Å². The van der Waals surface area contributed by atoms with Crippen LogP contribution in [0.4, 0.5) is 0 Å². The van der Waals surface area contributed by atoms with Crippen LogP contribution in [0.25, 0.3) is 43.1 Å². The van der Waals surface area contributed by atoms with E-state index in [1.165, 1.54) is 49.8 Å². The molecule has 19 heteroatoms. The molecule has 0 saturated heterocycles. The summed E-state index contributed by atoms with van der Waals surface area (Å²) >= 11 is 0. The summed E-state index contributed by atoms with van der Waals surface area (Å²) in [7, 11) is 0. The Bertz CT molecular complexity index is 4860. The molecule has 2 aliphatic rings. The van der Waals surface area contributed by atoms with E-state index in [4.69, 9.17) is 51.1 Å². The zero-order valence-electron chi connectivity index (χ0n) is 60.3. The number of furan rings is 3. The first-order valence-corrected chi connectivity index (χ1v) is 35.6. The summed E-state index contributed by atoms with van der Waals surface area (Å²) in [4.78, 5) is 98.9. The lowest BCUT2D eigenvalue weighted by atomic mass is 9.89. The van der Waals surface area contributed by atoms with Crippen molar-refractivity contribution in [3.63, 3.8) is 0 Å². The summed E-state index contributed by atoms with van der Waals surface area (Å²) in [6.07, 6.45) is 15.1. The number of ether oxygens (including phenoxy) is 8. The van der Waals surface area contributed by atoms with Crippen LogP contribution in [0.2, 0.25) is 0 Å². The normalized spacial score (nSPS) is 13.1. The summed E-state index contributed by atoms with van der Waals surface area (Å²) in [6.45, 7) is 11.9. The molecule has 0 atom stereocenters. The second-order valence-corrected chi connectivity index (χ2v) is 28.2. The van der Waals surface area contributed by atoms with Gasteiger partial charge in [-0.2, -0.15) is 0 Å². The van der Waals surface area contributed by atoms with E-state index in [2.05, 4.69) is 0 Å². The first-order chi connectivity index (χ1) is 51.6. The van der Waals surface area contributed by atoms with Crippen LogP contribution in [0.15, 0.2) is 244 Å². The highest BCUT2D eigenvalue weighted by Crippen LogP contribution is 2.41. The van der Waals surface area contributed by atoms with Crippen LogP contribution in [-0.4, -0.2) is 47.8 Å². The van der Waals surface area contributed by atoms with Crippen LogP contribution in [0.3, 0.4) is 0 Å². The van der Waals surface area contributed by atoms with Gasteiger partial charge < -0.3 is 51.1 Å². The number of rotatable bonds is 16. The monoisotopic (exact) mass is 1440 g/mol. The third-order valence-electron chi connectivity index (χ3n) is 17.4. The second-order valence-electron chi connectivity index (χ2n) is 28.2. The number of carbonyl (C=O) groups is 8. The minimum absolute atomic E-state index is 0.0269. The van der Waals surface area contributed by atoms with E-state index in [1.54, 1.807) is 115 Å². The Labute approximate surface area is 618 Å². The maximum Gasteiger partial charge on any atom is 0.379 e. The summed E-state index contributed by atoms with van der Waals surface area (Å²) in [5, 5.41) is 5.66. The molecule has 2 fully saturated rings. The molecule has 0 unspecified atom stereocenters. The Morgan fingerprint density at radius 1 is 0.290 bits per heavy atom. The Morgan fingerprint density at radius 3 is 0.813 bits per heavy atom. The van der Waals surface area contributed by atoms with E-state index in [0.29, 0.717) is 68.7 Å². The van der Waals surface area contributed by atoms with Gasteiger partial charge in [-0.1, -0.05) is 195 Å². The van der Waals surface area contributed by atoms with E-state index >= 15 is 0 Å². The average molecular weight is 1440 g/mol. The maximum absolute atomic E-state index is 12.7. The molecule has 0 aliphatic heterocycles. The highest BCUT2D eigenvalue weighted by atomic mass is 16.6. The molecule has 107 heavy (non-hydrogen) atoms. The largest absolute Gasteiger partial charge is 0.457 e. The van der Waals surface area contributed by atoms with Crippen molar-refractivity contribution < 1.29 is 89.5 Å². The standard InChI is InChI=1S/C24H28O4.C22H14O5.C22H28O4.C20H12O6/c25-23(18-9-3-1-4-10-18)27-20-15-7-13-17-14-8-16-21(22(17)20)28-24(26)19-11-5-2-6-12-19;23-21(16-7-2-1-3-8-16)26-17-11-4-9-15-10-5-12-18(20(15)17)27-22(24)19-13-6-14-25-19;1-21(2,3)13-18(23)25-16-11-7-9-15-10-8-12-17(20(15)16)26-19(24)14-22(4,5)6;21-19(16-9-3-11-23-16)25-14-7-1-5-13-6-2-8-15(18(13)14)26-20(22)17-10-4-12-24-17/h7-8,13-16,18-19H,1-6,9-12H2;1-14H;7-12H,13-14H2,1-6H3;1-12H. The first-order valence-electron chi connectivity index (χ1n) is 35.6. The van der Waals surface area contributed by atoms with Crippen LogP contribution in [0.1, 0.15) is 161 Å². The van der Waals surface area contributed by atoms with Gasteiger partial charge in [0.1, 0.15) is 46.0 Å². The molecule has 0 bridgehead atoms. The molecule has 2 aliphatic carbocycles. The molecule has 14 rings (SSSR count). The van der Waals surface area contributed by atoms with Crippen LogP contribution < -0.4 is 37.9 Å². The molecule has 3 aromatic heterocycles. The van der Waals surface area contributed by atoms with Gasteiger partial charge in [0.15, 0.2) is 0 Å². The number of hydrogen-bond donors (Lipinski definition) is 0. The fourth-order valence-electron chi connectivity index (χ4n) is 12.4. The summed E-state index contributed by atoms with van der Waals surface area (Å²) in [6, 6.07) is 61.0. The lowest BCUT2D eigenvalue weighted by molar-refractivity contribution is -0.140. The number of carbonyl (C=O) groups excluding carboxylic acids is 8. The van der Waals surface area contributed by atoms with E-state index in [1.807, 2.05) is 120 Å². The molecule has 9 aromatic carbocycles. The molecule has 2 saturated carbocycles. The predicted molar refractivity (Wildman–Crippen MR) is 402 cm³/mol. The lowest BCUT2D eigenvalue weighted by Gasteiger charge is -2.21. The summed E-state index contributed by atoms with van der Waals surface area (Å²) in [5.41, 5.74) is 0.104. The van der Waals surface area contributed by atoms with Gasteiger partial charge in [-0.25, -0.2) is 19.2 Å². The molecule has 12 aromatic rings. The van der Waals surface area contributed by atoms with Gasteiger partial charge in [-0.15, -0.1) is 0 Å². The smallest absolute Gasteiger partial charge is 0.379 e. The van der Waals surface area contributed by atoms with Crippen LogP contribution in [0.5, 0.6) is 46.0 Å². The highest BCUT2D eigenvalue weighted by Gasteiger charge is 2.29. The lowest BCUT2D eigenvalue weighted by Crippen LogP contribution is -2.23. The predicted octanol–water partition coefficient (Wildman–Crippen LogP) is 20.7. The molecule has 0 radical (unpaired) electrons. The van der Waals surface area contributed by atoms with Crippen molar-refractivity contribution in [3.05, 3.63) is 254 Å². The first kappa shape index (κ1) is 75.8. The Hall–Kier alpha value is -12.4. The number of esters is 8. The fraction of sp³-hybridized carbons (Fsp3) is 0.250. The van der Waals surface area contributed by atoms with Crippen LogP contribution >= 0.6 is 0 Å². The molecular weight excluding hydrogens is 1360 g/mol. The highest BCUT2D eigenvalue weighted by molar-refractivity contribution is 6.03. The second kappa shape index (κ2) is 35.4. The number of hydrogen-bond acceptors (Lipinski definition) is 19. The van der Waals surface area contributed by atoms with Crippen molar-refractivity contribution in [1.82, 2.24) is 0 Å². The summed E-state index contributed by atoms with van der Waals surface area (Å²) in [5.74, 6) is -0.258. The third kappa shape index (κ3) is 20.7. The van der Waals surface area contributed by atoms with Crippen LogP contribution in [-0.2, 0) is 19.2 Å². The topological polar surface area (TPSA) is 250 Å². The zero-order valence-corrected chi connectivity index (χ0v) is 60.3.